The van der Waals surface area contributed by atoms with Crippen molar-refractivity contribution in [3.63, 3.8) is 0 Å². The number of rotatable bonds is 4. The number of allylic oxidation sites excluding steroid dienone is 1. The predicted octanol–water partition coefficient (Wildman–Crippen LogP) is 2.24. The van der Waals surface area contributed by atoms with Crippen molar-refractivity contribution in [1.82, 2.24) is 19.7 Å². The Morgan fingerprint density at radius 1 is 1.50 bits per heavy atom. The highest BCUT2D eigenvalue weighted by molar-refractivity contribution is 5.09. The molecule has 1 heterocycles. The van der Waals surface area contributed by atoms with Crippen LogP contribution in [0.25, 0.3) is 0 Å². The normalized spacial score (nSPS) is 24.4. The van der Waals surface area contributed by atoms with Gasteiger partial charge in [-0.1, -0.05) is 18.6 Å². The molecule has 0 aliphatic heterocycles. The fraction of sp³-hybridized carbons (Fsp3) is 0.714. The first kappa shape index (κ1) is 13.3. The van der Waals surface area contributed by atoms with Crippen LogP contribution in [-0.4, -0.2) is 33.3 Å². The molecule has 1 aromatic heterocycles. The fourth-order valence-electron chi connectivity index (χ4n) is 2.80. The molecule has 100 valence electrons. The topological polar surface area (TPSA) is 34.0 Å². The minimum atomic E-state index is 0.692. The van der Waals surface area contributed by atoms with Gasteiger partial charge in [-0.05, 0) is 38.6 Å². The van der Waals surface area contributed by atoms with Crippen LogP contribution in [0.2, 0.25) is 0 Å². The van der Waals surface area contributed by atoms with Gasteiger partial charge < -0.3 is 0 Å². The largest absolute Gasteiger partial charge is 0.298 e. The van der Waals surface area contributed by atoms with E-state index in [0.717, 1.165) is 24.8 Å². The summed E-state index contributed by atoms with van der Waals surface area (Å²) in [6, 6.07) is 0. The van der Waals surface area contributed by atoms with Gasteiger partial charge in [-0.15, -0.1) is 0 Å². The van der Waals surface area contributed by atoms with Crippen LogP contribution in [0.4, 0.5) is 0 Å². The quantitative estimate of drug-likeness (QED) is 0.766. The highest BCUT2D eigenvalue weighted by atomic mass is 15.3. The van der Waals surface area contributed by atoms with Crippen molar-refractivity contribution in [3.8, 4) is 0 Å². The molecule has 0 spiro atoms. The van der Waals surface area contributed by atoms with Crippen LogP contribution in [0.1, 0.15) is 32.5 Å². The minimum absolute atomic E-state index is 0.692. The first-order chi connectivity index (χ1) is 8.58. The molecular weight excluding hydrogens is 224 g/mol. The number of hydrogen-bond donors (Lipinski definition) is 0. The van der Waals surface area contributed by atoms with Crippen molar-refractivity contribution in [2.75, 3.05) is 13.6 Å². The molecule has 2 atom stereocenters. The van der Waals surface area contributed by atoms with Gasteiger partial charge in [0.15, 0.2) is 0 Å². The molecule has 0 amide bonds. The number of nitrogens with zero attached hydrogens (tertiary/aromatic N) is 4. The van der Waals surface area contributed by atoms with Gasteiger partial charge in [0.2, 0.25) is 0 Å². The van der Waals surface area contributed by atoms with Gasteiger partial charge in [-0.2, -0.15) is 5.10 Å². The average Bonchev–Trinajstić information content (AvgIpc) is 2.70. The van der Waals surface area contributed by atoms with Crippen molar-refractivity contribution in [3.05, 3.63) is 23.8 Å². The minimum Gasteiger partial charge on any atom is -0.298 e. The van der Waals surface area contributed by atoms with Crippen molar-refractivity contribution in [2.45, 2.75) is 33.2 Å². The number of aromatic nitrogens is 3. The third-order valence-electron chi connectivity index (χ3n) is 4.08. The van der Waals surface area contributed by atoms with Crippen molar-refractivity contribution >= 4 is 0 Å². The van der Waals surface area contributed by atoms with Crippen LogP contribution in [0.15, 0.2) is 18.0 Å². The van der Waals surface area contributed by atoms with Gasteiger partial charge >= 0.3 is 0 Å². The average molecular weight is 248 g/mol. The van der Waals surface area contributed by atoms with Crippen LogP contribution in [0.5, 0.6) is 0 Å². The van der Waals surface area contributed by atoms with Gasteiger partial charge in [0.25, 0.3) is 0 Å². The maximum atomic E-state index is 4.28. The van der Waals surface area contributed by atoms with Gasteiger partial charge in [-0.25, -0.2) is 4.98 Å². The highest BCUT2D eigenvalue weighted by Gasteiger charge is 2.23. The number of hydrogen-bond acceptors (Lipinski definition) is 3. The maximum Gasteiger partial charge on any atom is 0.140 e. The molecule has 2 rings (SSSR count). The Hall–Kier alpha value is -1.16. The molecule has 4 heteroatoms. The second-order valence-corrected chi connectivity index (χ2v) is 5.61. The predicted molar refractivity (Wildman–Crippen MR) is 73.0 cm³/mol. The molecule has 0 N–H and O–H groups in total. The lowest BCUT2D eigenvalue weighted by atomic mass is 9.80. The molecular formula is C14H24N4. The van der Waals surface area contributed by atoms with E-state index in [1.54, 1.807) is 11.9 Å². The Labute approximate surface area is 110 Å². The third-order valence-corrected chi connectivity index (χ3v) is 4.08. The van der Waals surface area contributed by atoms with Crippen LogP contribution in [-0.2, 0) is 13.6 Å². The standard InChI is InChI=1S/C14H24N4/c1-11-6-5-7-12(2)13(11)8-17(3)9-14-15-10-16-18(14)4/h6,10,12-13H,5,7-9H2,1-4H3/t12-,13+/m1/s1. The van der Waals surface area contributed by atoms with Crippen molar-refractivity contribution < 1.29 is 0 Å². The summed E-state index contributed by atoms with van der Waals surface area (Å²) in [5.41, 5.74) is 1.55. The molecule has 0 fully saturated rings. The van der Waals surface area contributed by atoms with Gasteiger partial charge in [0.05, 0.1) is 6.54 Å². The Kier molecular flexibility index (Phi) is 4.17. The lowest BCUT2D eigenvalue weighted by Crippen LogP contribution is -2.31. The van der Waals surface area contributed by atoms with E-state index in [1.807, 2.05) is 11.7 Å². The second kappa shape index (κ2) is 5.65. The molecule has 0 saturated heterocycles. The Morgan fingerprint density at radius 3 is 2.89 bits per heavy atom. The SMILES string of the molecule is CC1=CCC[C@@H](C)[C@H]1CN(C)Cc1ncnn1C. The van der Waals surface area contributed by atoms with E-state index in [-0.39, 0.29) is 0 Å². The molecule has 1 aliphatic rings. The molecule has 4 nitrogen and oxygen atoms in total. The van der Waals surface area contributed by atoms with Crippen LogP contribution in [0, 0.1) is 11.8 Å². The lowest BCUT2D eigenvalue weighted by molar-refractivity contribution is 0.228. The molecule has 0 unspecified atom stereocenters. The summed E-state index contributed by atoms with van der Waals surface area (Å²) in [4.78, 5) is 6.64. The lowest BCUT2D eigenvalue weighted by Gasteiger charge is -2.32. The Balaban J connectivity index is 1.94. The molecule has 1 aromatic rings. The zero-order valence-electron chi connectivity index (χ0n) is 11.9. The summed E-state index contributed by atoms with van der Waals surface area (Å²) in [6.45, 7) is 6.62. The summed E-state index contributed by atoms with van der Waals surface area (Å²) in [5, 5.41) is 4.11. The Morgan fingerprint density at radius 2 is 2.28 bits per heavy atom. The van der Waals surface area contributed by atoms with E-state index >= 15 is 0 Å². The first-order valence-electron chi connectivity index (χ1n) is 6.76. The zero-order valence-corrected chi connectivity index (χ0v) is 11.9. The van der Waals surface area contributed by atoms with Crippen LogP contribution in [0.3, 0.4) is 0 Å². The highest BCUT2D eigenvalue weighted by Crippen LogP contribution is 2.30. The third kappa shape index (κ3) is 2.99. The van der Waals surface area contributed by atoms with Gasteiger partial charge in [0, 0.05) is 13.6 Å². The summed E-state index contributed by atoms with van der Waals surface area (Å²) in [6.07, 6.45) is 6.59. The van der Waals surface area contributed by atoms with E-state index in [4.69, 9.17) is 0 Å². The number of aryl methyl sites for hydroxylation is 1. The molecule has 0 bridgehead atoms. The van der Waals surface area contributed by atoms with E-state index in [2.05, 4.69) is 42.0 Å². The van der Waals surface area contributed by atoms with Gasteiger partial charge in [-0.3, -0.25) is 9.58 Å². The van der Waals surface area contributed by atoms with Crippen LogP contribution < -0.4 is 0 Å². The van der Waals surface area contributed by atoms with Crippen molar-refractivity contribution in [1.29, 1.82) is 0 Å². The molecule has 18 heavy (non-hydrogen) atoms. The zero-order chi connectivity index (χ0) is 13.1. The Bertz CT molecular complexity index is 421. The summed E-state index contributed by atoms with van der Waals surface area (Å²) in [7, 11) is 4.12. The monoisotopic (exact) mass is 248 g/mol. The van der Waals surface area contributed by atoms with Crippen molar-refractivity contribution in [2.24, 2.45) is 18.9 Å². The fourth-order valence-corrected chi connectivity index (χ4v) is 2.80. The summed E-state index contributed by atoms with van der Waals surface area (Å²) in [5.74, 6) is 2.51. The summed E-state index contributed by atoms with van der Waals surface area (Å²) >= 11 is 0. The van der Waals surface area contributed by atoms with Crippen LogP contribution >= 0.6 is 0 Å². The molecule has 0 aromatic carbocycles. The van der Waals surface area contributed by atoms with E-state index < -0.39 is 0 Å². The molecule has 1 aliphatic carbocycles. The van der Waals surface area contributed by atoms with E-state index in [0.29, 0.717) is 5.92 Å². The van der Waals surface area contributed by atoms with E-state index in [1.165, 1.54) is 12.8 Å². The molecule has 0 saturated carbocycles. The smallest absolute Gasteiger partial charge is 0.140 e. The summed E-state index contributed by atoms with van der Waals surface area (Å²) < 4.78 is 1.85. The second-order valence-electron chi connectivity index (χ2n) is 5.61. The van der Waals surface area contributed by atoms with Gasteiger partial charge in [0.1, 0.15) is 12.2 Å². The molecule has 0 radical (unpaired) electrons. The first-order valence-corrected chi connectivity index (χ1v) is 6.76. The maximum absolute atomic E-state index is 4.28. The van der Waals surface area contributed by atoms with E-state index in [9.17, 15) is 0 Å².